The number of rotatable bonds is 2. The fourth-order valence-corrected chi connectivity index (χ4v) is 5.21. The fourth-order valence-electron chi connectivity index (χ4n) is 4.81. The van der Waals surface area contributed by atoms with Crippen LogP contribution in [-0.4, -0.2) is 48.2 Å². The van der Waals surface area contributed by atoms with E-state index in [9.17, 15) is 0 Å². The molecule has 11 heteroatoms. The molecule has 2 aliphatic heterocycles. The Hall–Kier alpha value is -2.75. The van der Waals surface area contributed by atoms with Crippen LogP contribution in [0, 0.1) is 5.41 Å². The summed E-state index contributed by atoms with van der Waals surface area (Å²) in [6, 6.07) is 5.44. The van der Waals surface area contributed by atoms with Crippen LogP contribution in [0.1, 0.15) is 24.6 Å². The second-order valence-electron chi connectivity index (χ2n) is 8.24. The monoisotopic (exact) mass is 455 g/mol. The van der Waals surface area contributed by atoms with Gasteiger partial charge in [-0.3, -0.25) is 5.10 Å². The molecule has 1 spiro atoms. The first-order valence-electron chi connectivity index (χ1n) is 10.1. The van der Waals surface area contributed by atoms with Crippen LogP contribution >= 0.6 is 23.2 Å². The largest absolute Gasteiger partial charge is 0.355 e. The molecule has 5 heterocycles. The molecule has 31 heavy (non-hydrogen) atoms. The Morgan fingerprint density at radius 3 is 2.81 bits per heavy atom. The lowest BCUT2D eigenvalue weighted by Gasteiger charge is -2.41. The number of nitrogens with two attached hydrogens (primary N) is 1. The number of hydrogen-bond acceptors (Lipinski definition) is 7. The van der Waals surface area contributed by atoms with E-state index < -0.39 is 0 Å². The van der Waals surface area contributed by atoms with Crippen LogP contribution in [0.2, 0.25) is 10.0 Å². The zero-order valence-corrected chi connectivity index (χ0v) is 18.0. The predicted octanol–water partition coefficient (Wildman–Crippen LogP) is 3.22. The molecule has 1 saturated heterocycles. The minimum atomic E-state index is -0.0328. The molecular weight excluding hydrogens is 437 g/mol. The zero-order chi connectivity index (χ0) is 21.2. The quantitative estimate of drug-likeness (QED) is 0.476. The molecule has 3 N–H and O–H groups in total. The maximum absolute atomic E-state index is 6.56. The molecule has 0 unspecified atom stereocenters. The molecule has 9 nitrogen and oxygen atoms in total. The molecule has 2 aliphatic rings. The third-order valence-electron chi connectivity index (χ3n) is 6.65. The molecule has 4 aromatic rings. The number of nitrogens with one attached hydrogen (secondary N) is 1. The average Bonchev–Trinajstić information content (AvgIpc) is 3.47. The molecule has 0 aliphatic carbocycles. The van der Waals surface area contributed by atoms with E-state index in [1.165, 1.54) is 0 Å². The maximum atomic E-state index is 6.56. The van der Waals surface area contributed by atoms with Gasteiger partial charge in [0.05, 0.1) is 46.4 Å². The predicted molar refractivity (Wildman–Crippen MR) is 118 cm³/mol. The van der Waals surface area contributed by atoms with Crippen molar-refractivity contribution in [3.05, 3.63) is 46.3 Å². The van der Waals surface area contributed by atoms with Crippen molar-refractivity contribution in [2.75, 3.05) is 18.0 Å². The van der Waals surface area contributed by atoms with Crippen molar-refractivity contribution >= 4 is 40.2 Å². The lowest BCUT2D eigenvalue weighted by molar-refractivity contribution is 0.169. The van der Waals surface area contributed by atoms with Gasteiger partial charge in [-0.05, 0) is 18.9 Å². The molecular formula is C20H19Cl2N9. The maximum Gasteiger partial charge on any atom is 0.202 e. The molecule has 0 saturated carbocycles. The number of aromatic amines is 1. The van der Waals surface area contributed by atoms with E-state index in [1.807, 2.05) is 16.8 Å². The van der Waals surface area contributed by atoms with Crippen molar-refractivity contribution < 1.29 is 0 Å². The number of H-pyrrole nitrogens is 1. The van der Waals surface area contributed by atoms with E-state index in [2.05, 4.69) is 30.4 Å². The summed E-state index contributed by atoms with van der Waals surface area (Å²) in [5.74, 6) is 0.809. The van der Waals surface area contributed by atoms with Crippen molar-refractivity contribution in [3.8, 4) is 11.3 Å². The van der Waals surface area contributed by atoms with Gasteiger partial charge in [-0.2, -0.15) is 5.10 Å². The highest BCUT2D eigenvalue weighted by Crippen LogP contribution is 2.47. The van der Waals surface area contributed by atoms with Crippen LogP contribution < -0.4 is 10.6 Å². The van der Waals surface area contributed by atoms with Crippen LogP contribution in [0.5, 0.6) is 0 Å². The number of nitrogens with zero attached hydrogens (tertiary/aromatic N) is 7. The third kappa shape index (κ3) is 2.84. The molecule has 158 valence electrons. The summed E-state index contributed by atoms with van der Waals surface area (Å²) in [4.78, 5) is 11.6. The number of aromatic nitrogens is 7. The van der Waals surface area contributed by atoms with Gasteiger partial charge in [-0.15, -0.1) is 5.10 Å². The summed E-state index contributed by atoms with van der Waals surface area (Å²) in [5, 5.41) is 16.5. The number of hydrogen-bond donors (Lipinski definition) is 2. The van der Waals surface area contributed by atoms with E-state index in [0.717, 1.165) is 49.6 Å². The normalized spacial score (nSPS) is 20.0. The first-order valence-corrected chi connectivity index (χ1v) is 10.9. The molecule has 6 rings (SSSR count). The van der Waals surface area contributed by atoms with Gasteiger partial charge in [0.25, 0.3) is 0 Å². The van der Waals surface area contributed by atoms with Gasteiger partial charge in [0, 0.05) is 24.1 Å². The summed E-state index contributed by atoms with van der Waals surface area (Å²) in [6.07, 6.45) is 5.50. The number of benzene rings is 1. The van der Waals surface area contributed by atoms with Crippen LogP contribution in [0.15, 0.2) is 30.6 Å². The third-order valence-corrected chi connectivity index (χ3v) is 7.47. The van der Waals surface area contributed by atoms with Gasteiger partial charge in [0.1, 0.15) is 11.3 Å². The minimum Gasteiger partial charge on any atom is -0.355 e. The lowest BCUT2D eigenvalue weighted by Crippen LogP contribution is -2.45. The van der Waals surface area contributed by atoms with Crippen LogP contribution in [0.25, 0.3) is 22.4 Å². The highest BCUT2D eigenvalue weighted by atomic mass is 35.5. The Morgan fingerprint density at radius 2 is 2.00 bits per heavy atom. The van der Waals surface area contributed by atoms with Gasteiger partial charge < -0.3 is 10.6 Å². The Kier molecular flexibility index (Phi) is 4.21. The molecule has 0 amide bonds. The van der Waals surface area contributed by atoms with Crippen LogP contribution in [-0.2, 0) is 6.54 Å². The molecule has 1 atom stereocenters. The second kappa shape index (κ2) is 6.88. The summed E-state index contributed by atoms with van der Waals surface area (Å²) < 4.78 is 1.94. The summed E-state index contributed by atoms with van der Waals surface area (Å²) >= 11 is 12.5. The first-order chi connectivity index (χ1) is 15.1. The standard InChI is InChI=1S/C20H19Cl2N9/c21-12-3-1-2-11(15(12)22)16-17-19(28-27-16)26-14(9-24-17)30-6-4-20(5-7-30)10-31-13(18(20)23)8-25-29-31/h1-3,8-9,18H,4-7,10,23H2,(H,26,27,28)/t18-/m1/s1. The van der Waals surface area contributed by atoms with Gasteiger partial charge in [-0.1, -0.05) is 40.5 Å². The topological polar surface area (TPSA) is 114 Å². The summed E-state index contributed by atoms with van der Waals surface area (Å²) in [5.41, 5.74) is 10.3. The molecule has 3 aromatic heterocycles. The van der Waals surface area contributed by atoms with Crippen molar-refractivity contribution in [1.82, 2.24) is 35.2 Å². The van der Waals surface area contributed by atoms with E-state index in [-0.39, 0.29) is 11.5 Å². The van der Waals surface area contributed by atoms with Crippen molar-refractivity contribution in [2.45, 2.75) is 25.4 Å². The molecule has 0 radical (unpaired) electrons. The fraction of sp³-hybridized carbons (Fsp3) is 0.350. The van der Waals surface area contributed by atoms with Crippen molar-refractivity contribution in [2.24, 2.45) is 11.1 Å². The average molecular weight is 456 g/mol. The van der Waals surface area contributed by atoms with E-state index in [4.69, 9.17) is 33.9 Å². The Balaban J connectivity index is 1.25. The molecule has 1 fully saturated rings. The van der Waals surface area contributed by atoms with Crippen LogP contribution in [0.3, 0.4) is 0 Å². The smallest absolute Gasteiger partial charge is 0.202 e. The van der Waals surface area contributed by atoms with E-state index in [1.54, 1.807) is 18.5 Å². The van der Waals surface area contributed by atoms with Crippen molar-refractivity contribution in [1.29, 1.82) is 0 Å². The van der Waals surface area contributed by atoms with E-state index >= 15 is 0 Å². The second-order valence-corrected chi connectivity index (χ2v) is 9.03. The summed E-state index contributed by atoms with van der Waals surface area (Å²) in [7, 11) is 0. The molecule has 0 bridgehead atoms. The minimum absolute atomic E-state index is 0.0299. The number of fused-ring (bicyclic) bond motifs is 2. The number of piperidine rings is 1. The summed E-state index contributed by atoms with van der Waals surface area (Å²) in [6.45, 7) is 2.53. The van der Waals surface area contributed by atoms with Crippen LogP contribution in [0.4, 0.5) is 5.82 Å². The first kappa shape index (κ1) is 19.0. The SMILES string of the molecule is N[C@@H]1c2cnnn2CC12CCN(c1cnc3c(-c4cccc(Cl)c4Cl)[nH]nc3n1)CC2. The number of anilines is 1. The highest BCUT2D eigenvalue weighted by molar-refractivity contribution is 6.43. The Morgan fingerprint density at radius 1 is 1.16 bits per heavy atom. The van der Waals surface area contributed by atoms with Gasteiger partial charge in [0.2, 0.25) is 5.65 Å². The van der Waals surface area contributed by atoms with Gasteiger partial charge in [0.15, 0.2) is 0 Å². The zero-order valence-electron chi connectivity index (χ0n) is 16.5. The Bertz CT molecular complexity index is 1290. The van der Waals surface area contributed by atoms with Gasteiger partial charge in [-0.25, -0.2) is 14.6 Å². The van der Waals surface area contributed by atoms with Gasteiger partial charge >= 0.3 is 0 Å². The van der Waals surface area contributed by atoms with E-state index in [0.29, 0.717) is 26.9 Å². The Labute approximate surface area is 187 Å². The number of halogens is 2. The lowest BCUT2D eigenvalue weighted by atomic mass is 9.74. The highest BCUT2D eigenvalue weighted by Gasteiger charge is 2.47. The molecule has 1 aromatic carbocycles. The van der Waals surface area contributed by atoms with Crippen molar-refractivity contribution in [3.63, 3.8) is 0 Å².